The molecule has 2 saturated heterocycles. The number of aromatic nitrogens is 1. The SMILES string of the molecule is CN1C(=O)CO[C@@H]2CN(C(=O)c3cc(CO)ccn3)CC[C@]21c1ccccc1. The molecule has 1 N–H and O–H groups in total. The van der Waals surface area contributed by atoms with Crippen molar-refractivity contribution in [2.45, 2.75) is 24.7 Å². The predicted octanol–water partition coefficient (Wildman–Crippen LogP) is 1.17. The minimum absolute atomic E-state index is 0.00995. The van der Waals surface area contributed by atoms with Crippen LogP contribution in [0.1, 0.15) is 28.0 Å². The molecular formula is C21H23N3O4. The van der Waals surface area contributed by atoms with Crippen LogP contribution in [0, 0.1) is 0 Å². The lowest BCUT2D eigenvalue weighted by Crippen LogP contribution is -2.67. The first-order valence-corrected chi connectivity index (χ1v) is 9.35. The highest BCUT2D eigenvalue weighted by atomic mass is 16.5. The van der Waals surface area contributed by atoms with Crippen LogP contribution in [0.25, 0.3) is 0 Å². The number of carbonyl (C=O) groups excluding carboxylic acids is 2. The lowest BCUT2D eigenvalue weighted by molar-refractivity contribution is -0.180. The van der Waals surface area contributed by atoms with E-state index in [0.29, 0.717) is 30.8 Å². The van der Waals surface area contributed by atoms with Crippen LogP contribution in [0.3, 0.4) is 0 Å². The maximum absolute atomic E-state index is 13.0. The molecule has 7 heteroatoms. The lowest BCUT2D eigenvalue weighted by atomic mass is 9.76. The fourth-order valence-electron chi connectivity index (χ4n) is 4.26. The molecule has 1 aromatic carbocycles. The van der Waals surface area contributed by atoms with Crippen LogP contribution in [-0.4, -0.2) is 64.6 Å². The molecule has 28 heavy (non-hydrogen) atoms. The molecule has 0 spiro atoms. The van der Waals surface area contributed by atoms with Gasteiger partial charge in [0.25, 0.3) is 5.91 Å². The molecule has 4 rings (SSSR count). The highest BCUT2D eigenvalue weighted by Gasteiger charge is 2.53. The molecule has 3 heterocycles. The molecule has 2 amide bonds. The molecule has 7 nitrogen and oxygen atoms in total. The Hall–Kier alpha value is -2.77. The average Bonchev–Trinajstić information content (AvgIpc) is 2.76. The number of aliphatic hydroxyl groups excluding tert-OH is 1. The van der Waals surface area contributed by atoms with Gasteiger partial charge in [0.05, 0.1) is 12.1 Å². The van der Waals surface area contributed by atoms with Gasteiger partial charge in [-0.3, -0.25) is 14.6 Å². The van der Waals surface area contributed by atoms with Gasteiger partial charge in [-0.25, -0.2) is 0 Å². The van der Waals surface area contributed by atoms with E-state index in [1.807, 2.05) is 37.4 Å². The van der Waals surface area contributed by atoms with E-state index in [9.17, 15) is 14.7 Å². The normalized spacial score (nSPS) is 24.8. The Kier molecular flexibility index (Phi) is 4.87. The van der Waals surface area contributed by atoms with E-state index >= 15 is 0 Å². The van der Waals surface area contributed by atoms with Gasteiger partial charge >= 0.3 is 0 Å². The van der Waals surface area contributed by atoms with Crippen molar-refractivity contribution in [3.05, 3.63) is 65.5 Å². The van der Waals surface area contributed by atoms with Gasteiger partial charge in [0.1, 0.15) is 18.4 Å². The number of carbonyl (C=O) groups is 2. The summed E-state index contributed by atoms with van der Waals surface area (Å²) in [6.45, 7) is 0.723. The zero-order valence-corrected chi connectivity index (χ0v) is 15.7. The second-order valence-electron chi connectivity index (χ2n) is 7.25. The van der Waals surface area contributed by atoms with Crippen LogP contribution >= 0.6 is 0 Å². The number of likely N-dealkylation sites (N-methyl/N-ethyl adjacent to an activating group) is 1. The fraction of sp³-hybridized carbons (Fsp3) is 0.381. The zero-order chi connectivity index (χ0) is 19.7. The topological polar surface area (TPSA) is 83.0 Å². The van der Waals surface area contributed by atoms with E-state index in [-0.39, 0.29) is 31.1 Å². The first-order chi connectivity index (χ1) is 13.6. The molecule has 2 fully saturated rings. The second-order valence-corrected chi connectivity index (χ2v) is 7.25. The number of likely N-dealkylation sites (tertiary alicyclic amines) is 1. The third kappa shape index (κ3) is 2.96. The molecule has 0 unspecified atom stereocenters. The Morgan fingerprint density at radius 2 is 2.11 bits per heavy atom. The van der Waals surface area contributed by atoms with Crippen LogP contribution in [0.5, 0.6) is 0 Å². The number of morpholine rings is 1. The number of benzene rings is 1. The van der Waals surface area contributed by atoms with Crippen molar-refractivity contribution in [3.63, 3.8) is 0 Å². The molecule has 2 aliphatic heterocycles. The van der Waals surface area contributed by atoms with Crippen LogP contribution < -0.4 is 0 Å². The van der Waals surface area contributed by atoms with Gasteiger partial charge in [-0.1, -0.05) is 30.3 Å². The second kappa shape index (κ2) is 7.33. The molecule has 0 bridgehead atoms. The summed E-state index contributed by atoms with van der Waals surface area (Å²) in [4.78, 5) is 33.1. The molecule has 0 aliphatic carbocycles. The quantitative estimate of drug-likeness (QED) is 0.863. The lowest BCUT2D eigenvalue weighted by Gasteiger charge is -2.54. The molecule has 0 radical (unpaired) electrons. The van der Waals surface area contributed by atoms with Gasteiger partial charge in [-0.05, 0) is 29.7 Å². The first-order valence-electron chi connectivity index (χ1n) is 9.35. The Balaban J connectivity index is 1.64. The first kappa shape index (κ1) is 18.6. The standard InChI is InChI=1S/C21H23N3O4/c1-23-19(26)14-28-18-12-24(20(27)17-11-15(13-25)7-9-22-17)10-8-21(18,23)16-5-3-2-4-6-16/h2-7,9,11,18,25H,8,10,12-14H2,1H3/t18-,21+/m1/s1. The number of amides is 2. The van der Waals surface area contributed by atoms with Gasteiger partial charge in [0.2, 0.25) is 5.91 Å². The van der Waals surface area contributed by atoms with E-state index in [1.54, 1.807) is 21.9 Å². The van der Waals surface area contributed by atoms with E-state index < -0.39 is 5.54 Å². The van der Waals surface area contributed by atoms with Crippen LogP contribution in [0.2, 0.25) is 0 Å². The highest BCUT2D eigenvalue weighted by molar-refractivity contribution is 5.92. The number of piperidine rings is 1. The third-order valence-electron chi connectivity index (χ3n) is 5.85. The number of pyridine rings is 1. The Bertz CT molecular complexity index is 888. The van der Waals surface area contributed by atoms with E-state index in [2.05, 4.69) is 4.98 Å². The van der Waals surface area contributed by atoms with Crippen LogP contribution in [0.15, 0.2) is 48.7 Å². The maximum Gasteiger partial charge on any atom is 0.272 e. The molecule has 0 saturated carbocycles. The largest absolute Gasteiger partial charge is 0.392 e. The van der Waals surface area contributed by atoms with Crippen molar-refractivity contribution >= 4 is 11.8 Å². The zero-order valence-electron chi connectivity index (χ0n) is 15.7. The summed E-state index contributed by atoms with van der Waals surface area (Å²) >= 11 is 0. The molecular weight excluding hydrogens is 358 g/mol. The van der Waals surface area contributed by atoms with Crippen molar-refractivity contribution in [2.75, 3.05) is 26.7 Å². The highest BCUT2D eigenvalue weighted by Crippen LogP contribution is 2.42. The summed E-state index contributed by atoms with van der Waals surface area (Å²) < 4.78 is 5.94. The van der Waals surface area contributed by atoms with E-state index in [4.69, 9.17) is 4.74 Å². The van der Waals surface area contributed by atoms with Gasteiger partial charge in [-0.15, -0.1) is 0 Å². The summed E-state index contributed by atoms with van der Waals surface area (Å²) in [6, 6.07) is 13.2. The van der Waals surface area contributed by atoms with Gasteiger partial charge in [-0.2, -0.15) is 0 Å². The number of nitrogens with zero attached hydrogens (tertiary/aromatic N) is 3. The summed E-state index contributed by atoms with van der Waals surface area (Å²) in [5, 5.41) is 9.31. The molecule has 1 aromatic heterocycles. The van der Waals surface area contributed by atoms with Crippen LogP contribution in [0.4, 0.5) is 0 Å². The minimum Gasteiger partial charge on any atom is -0.392 e. The Labute approximate surface area is 163 Å². The third-order valence-corrected chi connectivity index (χ3v) is 5.85. The number of hydrogen-bond acceptors (Lipinski definition) is 5. The van der Waals surface area contributed by atoms with E-state index in [0.717, 1.165) is 5.56 Å². The fourth-order valence-corrected chi connectivity index (χ4v) is 4.26. The monoisotopic (exact) mass is 381 g/mol. The predicted molar refractivity (Wildman–Crippen MR) is 101 cm³/mol. The van der Waals surface area contributed by atoms with Crippen molar-refractivity contribution in [1.82, 2.24) is 14.8 Å². The number of rotatable bonds is 3. The van der Waals surface area contributed by atoms with Gasteiger partial charge in [0.15, 0.2) is 0 Å². The Morgan fingerprint density at radius 1 is 1.32 bits per heavy atom. The molecule has 2 aliphatic rings. The molecule has 146 valence electrons. The summed E-state index contributed by atoms with van der Waals surface area (Å²) in [5.41, 5.74) is 1.38. The summed E-state index contributed by atoms with van der Waals surface area (Å²) in [5.74, 6) is -0.252. The van der Waals surface area contributed by atoms with Gasteiger partial charge < -0.3 is 19.6 Å². The van der Waals surface area contributed by atoms with Crippen LogP contribution in [-0.2, 0) is 21.7 Å². The minimum atomic E-state index is -0.590. The smallest absolute Gasteiger partial charge is 0.272 e. The molecule has 2 aromatic rings. The number of aliphatic hydroxyl groups is 1. The van der Waals surface area contributed by atoms with Crippen molar-refractivity contribution in [2.24, 2.45) is 0 Å². The number of hydrogen-bond donors (Lipinski definition) is 1. The van der Waals surface area contributed by atoms with Crippen molar-refractivity contribution < 1.29 is 19.4 Å². The van der Waals surface area contributed by atoms with Crippen molar-refractivity contribution in [3.8, 4) is 0 Å². The number of fused-ring (bicyclic) bond motifs is 1. The van der Waals surface area contributed by atoms with Crippen molar-refractivity contribution in [1.29, 1.82) is 0 Å². The summed E-state index contributed by atoms with van der Waals surface area (Å²) in [6.07, 6.45) is 1.78. The van der Waals surface area contributed by atoms with E-state index in [1.165, 1.54) is 6.20 Å². The Morgan fingerprint density at radius 3 is 2.86 bits per heavy atom. The molecule has 2 atom stereocenters. The number of ether oxygens (including phenoxy) is 1. The summed E-state index contributed by atoms with van der Waals surface area (Å²) in [7, 11) is 1.81. The van der Waals surface area contributed by atoms with Gasteiger partial charge in [0, 0.05) is 26.3 Å². The average molecular weight is 381 g/mol. The maximum atomic E-state index is 13.0.